The van der Waals surface area contributed by atoms with Gasteiger partial charge in [-0.1, -0.05) is 164 Å². The van der Waals surface area contributed by atoms with E-state index < -0.39 is 0 Å². The van der Waals surface area contributed by atoms with Crippen LogP contribution in [0.5, 0.6) is 0 Å². The smallest absolute Gasteiger partial charge is 0.164 e. The van der Waals surface area contributed by atoms with E-state index in [9.17, 15) is 0 Å². The first-order valence-electron chi connectivity index (χ1n) is 17.1. The molecule has 0 N–H and O–H groups in total. The summed E-state index contributed by atoms with van der Waals surface area (Å²) in [5, 5.41) is 6.69. The third-order valence-electron chi connectivity index (χ3n) is 9.76. The van der Waals surface area contributed by atoms with Crippen LogP contribution >= 0.6 is 0 Å². The van der Waals surface area contributed by atoms with Crippen molar-refractivity contribution in [1.82, 2.24) is 15.0 Å². The lowest BCUT2D eigenvalue weighted by Gasteiger charge is -2.14. The van der Waals surface area contributed by atoms with E-state index in [0.717, 1.165) is 60.5 Å². The van der Waals surface area contributed by atoms with Gasteiger partial charge in [0.15, 0.2) is 17.5 Å². The van der Waals surface area contributed by atoms with Gasteiger partial charge in [0.05, 0.1) is 0 Å². The molecule has 0 bridgehead atoms. The molecule has 0 saturated heterocycles. The largest absolute Gasteiger partial charge is 0.456 e. The van der Waals surface area contributed by atoms with Gasteiger partial charge in [0.1, 0.15) is 11.2 Å². The maximum absolute atomic E-state index is 6.48. The van der Waals surface area contributed by atoms with Crippen molar-refractivity contribution < 1.29 is 4.42 Å². The summed E-state index contributed by atoms with van der Waals surface area (Å²) in [5.41, 5.74) is 8.98. The summed E-state index contributed by atoms with van der Waals surface area (Å²) >= 11 is 0. The molecule has 0 amide bonds. The molecule has 10 aromatic rings. The van der Waals surface area contributed by atoms with E-state index in [1.807, 2.05) is 60.7 Å². The second-order valence-corrected chi connectivity index (χ2v) is 12.7. The number of rotatable bonds is 5. The number of hydrogen-bond acceptors (Lipinski definition) is 4. The Labute approximate surface area is 294 Å². The lowest BCUT2D eigenvalue weighted by molar-refractivity contribution is 0.669. The molecule has 0 atom stereocenters. The molecule has 4 heteroatoms. The predicted molar refractivity (Wildman–Crippen MR) is 209 cm³/mol. The number of furan rings is 1. The standard InChI is InChI=1S/C47H29N3O/c1-3-14-31(15-4-1)34-21-12-28-41-43(34)44-40(27-13-29-42(44)51-41)47-49-45(32-17-5-2-6-18-32)48-46(50-47)39-26-11-24-37-36(23-10-25-38(37)39)35-22-9-19-30-16-7-8-20-33(30)35/h1-29H. The van der Waals surface area contributed by atoms with Crippen molar-refractivity contribution >= 4 is 43.5 Å². The van der Waals surface area contributed by atoms with Crippen LogP contribution in [-0.2, 0) is 0 Å². The summed E-state index contributed by atoms with van der Waals surface area (Å²) < 4.78 is 6.48. The quantitative estimate of drug-likeness (QED) is 0.186. The molecule has 8 aromatic carbocycles. The Bertz CT molecular complexity index is 2910. The van der Waals surface area contributed by atoms with Crippen LogP contribution in [0.25, 0.3) is 99.9 Å². The molecule has 0 radical (unpaired) electrons. The van der Waals surface area contributed by atoms with Gasteiger partial charge >= 0.3 is 0 Å². The molecule has 10 rings (SSSR count). The third kappa shape index (κ3) is 4.88. The SMILES string of the molecule is c1ccc(-c2nc(-c3cccc4c(-c5cccc6ccccc56)cccc34)nc(-c3cccc4oc5cccc(-c6ccccc6)c5c34)n2)cc1. The molecule has 238 valence electrons. The maximum atomic E-state index is 6.48. The van der Waals surface area contributed by atoms with Crippen molar-refractivity contribution in [1.29, 1.82) is 0 Å². The van der Waals surface area contributed by atoms with Gasteiger partial charge < -0.3 is 4.42 Å². The average Bonchev–Trinajstić information content (AvgIpc) is 3.60. The molecule has 0 aliphatic heterocycles. The third-order valence-corrected chi connectivity index (χ3v) is 9.76. The number of aromatic nitrogens is 3. The number of fused-ring (bicyclic) bond motifs is 5. The molecule has 0 spiro atoms. The highest BCUT2D eigenvalue weighted by molar-refractivity contribution is 6.17. The zero-order valence-corrected chi connectivity index (χ0v) is 27.5. The first-order chi connectivity index (χ1) is 25.3. The number of nitrogens with zero attached hydrogens (tertiary/aromatic N) is 3. The van der Waals surface area contributed by atoms with Gasteiger partial charge in [-0.2, -0.15) is 0 Å². The fraction of sp³-hybridized carbons (Fsp3) is 0. The van der Waals surface area contributed by atoms with Crippen molar-refractivity contribution in [3.63, 3.8) is 0 Å². The first-order valence-corrected chi connectivity index (χ1v) is 17.1. The van der Waals surface area contributed by atoms with E-state index in [1.165, 1.54) is 21.9 Å². The van der Waals surface area contributed by atoms with Crippen LogP contribution in [-0.4, -0.2) is 15.0 Å². The highest BCUT2D eigenvalue weighted by Crippen LogP contribution is 2.42. The Balaban J connectivity index is 1.23. The fourth-order valence-corrected chi connectivity index (χ4v) is 7.44. The molecule has 51 heavy (non-hydrogen) atoms. The predicted octanol–water partition coefficient (Wildman–Crippen LogP) is 12.4. The van der Waals surface area contributed by atoms with Crippen LogP contribution < -0.4 is 0 Å². The minimum atomic E-state index is 0.595. The van der Waals surface area contributed by atoms with Crippen LogP contribution in [0.1, 0.15) is 0 Å². The van der Waals surface area contributed by atoms with Gasteiger partial charge in [-0.15, -0.1) is 0 Å². The summed E-state index contributed by atoms with van der Waals surface area (Å²) in [4.78, 5) is 15.6. The molecular weight excluding hydrogens is 623 g/mol. The molecular formula is C47H29N3O. The van der Waals surface area contributed by atoms with Gasteiger partial charge in [0.2, 0.25) is 0 Å². The van der Waals surface area contributed by atoms with Crippen LogP contribution in [0.3, 0.4) is 0 Å². The van der Waals surface area contributed by atoms with Crippen LogP contribution in [0.2, 0.25) is 0 Å². The fourth-order valence-electron chi connectivity index (χ4n) is 7.44. The van der Waals surface area contributed by atoms with Crippen molar-refractivity contribution in [3.05, 3.63) is 176 Å². The monoisotopic (exact) mass is 651 g/mol. The van der Waals surface area contributed by atoms with E-state index in [4.69, 9.17) is 19.4 Å². The second-order valence-electron chi connectivity index (χ2n) is 12.7. The van der Waals surface area contributed by atoms with E-state index >= 15 is 0 Å². The molecule has 2 heterocycles. The summed E-state index contributed by atoms with van der Waals surface area (Å²) in [6.45, 7) is 0. The summed E-state index contributed by atoms with van der Waals surface area (Å²) in [6, 6.07) is 60.9. The number of benzene rings is 8. The lowest BCUT2D eigenvalue weighted by Crippen LogP contribution is -2.01. The maximum Gasteiger partial charge on any atom is 0.164 e. The first kappa shape index (κ1) is 29.0. The van der Waals surface area contributed by atoms with Gasteiger partial charge in [-0.05, 0) is 55.9 Å². The Morgan fingerprint density at radius 2 is 0.745 bits per heavy atom. The Hall–Kier alpha value is -6.91. The minimum absolute atomic E-state index is 0.595. The number of hydrogen-bond donors (Lipinski definition) is 0. The van der Waals surface area contributed by atoms with Gasteiger partial charge in [-0.3, -0.25) is 0 Å². The molecule has 0 unspecified atom stereocenters. The average molecular weight is 652 g/mol. The van der Waals surface area contributed by atoms with Gasteiger partial charge in [-0.25, -0.2) is 15.0 Å². The van der Waals surface area contributed by atoms with Crippen LogP contribution in [0.4, 0.5) is 0 Å². The Morgan fingerprint density at radius 3 is 1.49 bits per heavy atom. The van der Waals surface area contributed by atoms with Crippen molar-refractivity contribution in [2.75, 3.05) is 0 Å². The normalized spacial score (nSPS) is 11.5. The van der Waals surface area contributed by atoms with Crippen molar-refractivity contribution in [2.24, 2.45) is 0 Å². The zero-order valence-electron chi connectivity index (χ0n) is 27.5. The van der Waals surface area contributed by atoms with Crippen LogP contribution in [0, 0.1) is 0 Å². The molecule has 0 aliphatic rings. The topological polar surface area (TPSA) is 51.8 Å². The van der Waals surface area contributed by atoms with Crippen molar-refractivity contribution in [2.45, 2.75) is 0 Å². The van der Waals surface area contributed by atoms with Crippen LogP contribution in [0.15, 0.2) is 180 Å². The lowest BCUT2D eigenvalue weighted by atomic mass is 9.92. The van der Waals surface area contributed by atoms with Gasteiger partial charge in [0, 0.05) is 27.5 Å². The summed E-state index contributed by atoms with van der Waals surface area (Å²) in [6.07, 6.45) is 0. The summed E-state index contributed by atoms with van der Waals surface area (Å²) in [7, 11) is 0. The van der Waals surface area contributed by atoms with E-state index in [0.29, 0.717) is 17.5 Å². The molecule has 0 aliphatic carbocycles. The Kier molecular flexibility index (Phi) is 6.78. The minimum Gasteiger partial charge on any atom is -0.456 e. The zero-order chi connectivity index (χ0) is 33.7. The molecule has 0 saturated carbocycles. The highest BCUT2D eigenvalue weighted by Gasteiger charge is 2.21. The van der Waals surface area contributed by atoms with Crippen molar-refractivity contribution in [3.8, 4) is 56.4 Å². The summed E-state index contributed by atoms with van der Waals surface area (Å²) in [5.74, 6) is 1.83. The molecule has 4 nitrogen and oxygen atoms in total. The molecule has 0 fully saturated rings. The van der Waals surface area contributed by atoms with E-state index in [1.54, 1.807) is 0 Å². The molecule has 2 aromatic heterocycles. The Morgan fingerprint density at radius 1 is 0.294 bits per heavy atom. The van der Waals surface area contributed by atoms with E-state index in [-0.39, 0.29) is 0 Å². The van der Waals surface area contributed by atoms with Gasteiger partial charge in [0.25, 0.3) is 0 Å². The van der Waals surface area contributed by atoms with E-state index in [2.05, 4.69) is 115 Å². The highest BCUT2D eigenvalue weighted by atomic mass is 16.3. The second kappa shape index (κ2) is 11.9.